The van der Waals surface area contributed by atoms with Crippen molar-refractivity contribution in [2.24, 2.45) is 5.73 Å². The number of ether oxygens (including phenoxy) is 2. The van der Waals surface area contributed by atoms with Gasteiger partial charge in [0.2, 0.25) is 0 Å². The SMILES string of the molecule is CCN1C(=O)c2ccccc2C1(C(N)=O)c1cccc(OC)c1OC. The number of benzene rings is 2. The predicted molar refractivity (Wildman–Crippen MR) is 92.7 cm³/mol. The molecule has 0 aliphatic carbocycles. The van der Waals surface area contributed by atoms with Crippen LogP contribution in [-0.4, -0.2) is 37.5 Å². The van der Waals surface area contributed by atoms with E-state index in [1.807, 2.05) is 6.92 Å². The molecule has 1 aliphatic heterocycles. The third-order valence-electron chi connectivity index (χ3n) is 4.66. The second-order valence-electron chi connectivity index (χ2n) is 5.71. The molecule has 130 valence electrons. The molecule has 0 bridgehead atoms. The Kier molecular flexibility index (Phi) is 4.12. The lowest BCUT2D eigenvalue weighted by Gasteiger charge is -2.37. The highest BCUT2D eigenvalue weighted by Crippen LogP contribution is 2.49. The average Bonchev–Trinajstić information content (AvgIpc) is 2.90. The molecule has 6 heteroatoms. The van der Waals surface area contributed by atoms with Gasteiger partial charge in [-0.2, -0.15) is 0 Å². The smallest absolute Gasteiger partial charge is 0.255 e. The fourth-order valence-electron chi connectivity index (χ4n) is 3.67. The van der Waals surface area contributed by atoms with Gasteiger partial charge in [0.05, 0.1) is 14.2 Å². The third-order valence-corrected chi connectivity index (χ3v) is 4.66. The highest BCUT2D eigenvalue weighted by Gasteiger charge is 2.56. The number of hydrogen-bond acceptors (Lipinski definition) is 4. The lowest BCUT2D eigenvalue weighted by Crippen LogP contribution is -2.53. The van der Waals surface area contributed by atoms with Crippen molar-refractivity contribution in [3.8, 4) is 11.5 Å². The van der Waals surface area contributed by atoms with Gasteiger partial charge in [0.1, 0.15) is 0 Å². The van der Waals surface area contributed by atoms with Crippen LogP contribution in [0.1, 0.15) is 28.4 Å². The molecular weight excluding hydrogens is 320 g/mol. The first-order valence-corrected chi connectivity index (χ1v) is 7.96. The van der Waals surface area contributed by atoms with Crippen molar-refractivity contribution in [2.75, 3.05) is 20.8 Å². The quantitative estimate of drug-likeness (QED) is 0.901. The number of hydrogen-bond donors (Lipinski definition) is 1. The van der Waals surface area contributed by atoms with Gasteiger partial charge >= 0.3 is 0 Å². The molecule has 6 nitrogen and oxygen atoms in total. The number of carbonyl (C=O) groups excluding carboxylic acids is 2. The predicted octanol–water partition coefficient (Wildman–Crippen LogP) is 1.91. The maximum absolute atomic E-state index is 12.9. The first-order valence-electron chi connectivity index (χ1n) is 7.96. The van der Waals surface area contributed by atoms with Crippen LogP contribution in [0.3, 0.4) is 0 Å². The van der Waals surface area contributed by atoms with Crippen molar-refractivity contribution < 1.29 is 19.1 Å². The van der Waals surface area contributed by atoms with E-state index in [4.69, 9.17) is 15.2 Å². The van der Waals surface area contributed by atoms with Gasteiger partial charge in [0.15, 0.2) is 17.0 Å². The summed E-state index contributed by atoms with van der Waals surface area (Å²) in [6.07, 6.45) is 0. The minimum absolute atomic E-state index is 0.234. The Hall–Kier alpha value is -3.02. The van der Waals surface area contributed by atoms with Gasteiger partial charge in [-0.1, -0.05) is 30.3 Å². The van der Waals surface area contributed by atoms with E-state index in [9.17, 15) is 9.59 Å². The van der Waals surface area contributed by atoms with Crippen molar-refractivity contribution in [2.45, 2.75) is 12.5 Å². The molecule has 2 amide bonds. The van der Waals surface area contributed by atoms with Crippen molar-refractivity contribution >= 4 is 11.8 Å². The van der Waals surface area contributed by atoms with Gasteiger partial charge in [-0.15, -0.1) is 0 Å². The van der Waals surface area contributed by atoms with Crippen molar-refractivity contribution in [1.29, 1.82) is 0 Å². The highest BCUT2D eigenvalue weighted by molar-refractivity contribution is 6.08. The number of primary amides is 1. The molecule has 0 radical (unpaired) electrons. The van der Waals surface area contributed by atoms with Crippen LogP contribution in [0, 0.1) is 0 Å². The molecular formula is C19H20N2O4. The molecule has 2 aromatic carbocycles. The Bertz CT molecular complexity index is 849. The Morgan fingerprint density at radius 3 is 2.36 bits per heavy atom. The number of rotatable bonds is 5. The van der Waals surface area contributed by atoms with Gasteiger partial charge in [0, 0.05) is 23.2 Å². The van der Waals surface area contributed by atoms with E-state index in [0.29, 0.717) is 34.7 Å². The summed E-state index contributed by atoms with van der Waals surface area (Å²) in [7, 11) is 3.01. The molecule has 2 N–H and O–H groups in total. The van der Waals surface area contributed by atoms with E-state index < -0.39 is 11.4 Å². The molecule has 2 aromatic rings. The number of likely N-dealkylation sites (N-methyl/N-ethyl adjacent to an activating group) is 1. The lowest BCUT2D eigenvalue weighted by molar-refractivity contribution is -0.126. The largest absolute Gasteiger partial charge is 0.493 e. The average molecular weight is 340 g/mol. The molecule has 3 rings (SSSR count). The second kappa shape index (κ2) is 6.12. The Morgan fingerprint density at radius 1 is 1.08 bits per heavy atom. The van der Waals surface area contributed by atoms with E-state index >= 15 is 0 Å². The van der Waals surface area contributed by atoms with E-state index in [-0.39, 0.29) is 5.91 Å². The van der Waals surface area contributed by atoms with Crippen LogP contribution in [0.15, 0.2) is 42.5 Å². The summed E-state index contributed by atoms with van der Waals surface area (Å²) in [6, 6.07) is 12.2. The fourth-order valence-corrected chi connectivity index (χ4v) is 3.67. The van der Waals surface area contributed by atoms with Crippen molar-refractivity contribution in [3.05, 3.63) is 59.2 Å². The van der Waals surface area contributed by atoms with Crippen LogP contribution in [-0.2, 0) is 10.3 Å². The summed E-state index contributed by atoms with van der Waals surface area (Å²) in [5.74, 6) is -0.0266. The number of nitrogens with zero attached hydrogens (tertiary/aromatic N) is 1. The standard InChI is InChI=1S/C19H20N2O4/c1-4-21-17(22)12-8-5-6-9-13(12)19(21,18(20)23)14-10-7-11-15(24-2)16(14)25-3/h5-11H,4H2,1-3H3,(H2,20,23). The van der Waals surface area contributed by atoms with E-state index in [1.54, 1.807) is 42.5 Å². The topological polar surface area (TPSA) is 81.9 Å². The zero-order chi connectivity index (χ0) is 18.2. The third kappa shape index (κ3) is 2.10. The summed E-state index contributed by atoms with van der Waals surface area (Å²) >= 11 is 0. The molecule has 1 unspecified atom stereocenters. The maximum Gasteiger partial charge on any atom is 0.255 e. The zero-order valence-electron chi connectivity index (χ0n) is 14.4. The minimum Gasteiger partial charge on any atom is -0.493 e. The monoisotopic (exact) mass is 340 g/mol. The summed E-state index contributed by atoms with van der Waals surface area (Å²) in [5, 5.41) is 0. The van der Waals surface area contributed by atoms with Gasteiger partial charge in [-0.3, -0.25) is 9.59 Å². The minimum atomic E-state index is -1.44. The number of para-hydroxylation sites is 1. The number of fused-ring (bicyclic) bond motifs is 1. The molecule has 25 heavy (non-hydrogen) atoms. The maximum atomic E-state index is 12.9. The summed E-state index contributed by atoms with van der Waals surface area (Å²) in [4.78, 5) is 27.2. The van der Waals surface area contributed by atoms with Crippen molar-refractivity contribution in [1.82, 2.24) is 4.90 Å². The van der Waals surface area contributed by atoms with Crippen LogP contribution < -0.4 is 15.2 Å². The molecule has 0 saturated carbocycles. The van der Waals surface area contributed by atoms with E-state index in [0.717, 1.165) is 0 Å². The van der Waals surface area contributed by atoms with Crippen LogP contribution in [0.4, 0.5) is 0 Å². The first-order chi connectivity index (χ1) is 12.0. The number of amides is 2. The van der Waals surface area contributed by atoms with Crippen molar-refractivity contribution in [3.63, 3.8) is 0 Å². The summed E-state index contributed by atoms with van der Waals surface area (Å²) < 4.78 is 10.9. The van der Waals surface area contributed by atoms with E-state index in [2.05, 4.69) is 0 Å². The molecule has 1 atom stereocenters. The Morgan fingerprint density at radius 2 is 1.76 bits per heavy atom. The zero-order valence-corrected chi connectivity index (χ0v) is 14.4. The van der Waals surface area contributed by atoms with Gasteiger partial charge in [-0.05, 0) is 19.1 Å². The van der Waals surface area contributed by atoms with Gasteiger partial charge in [-0.25, -0.2) is 0 Å². The second-order valence-corrected chi connectivity index (χ2v) is 5.71. The van der Waals surface area contributed by atoms with Crippen LogP contribution in [0.2, 0.25) is 0 Å². The molecule has 0 saturated heterocycles. The number of carbonyl (C=O) groups is 2. The van der Waals surface area contributed by atoms with Crippen LogP contribution >= 0.6 is 0 Å². The Labute approximate surface area is 146 Å². The molecule has 0 aromatic heterocycles. The number of methoxy groups -OCH3 is 2. The molecule has 1 aliphatic rings. The fraction of sp³-hybridized carbons (Fsp3) is 0.263. The van der Waals surface area contributed by atoms with Crippen LogP contribution in [0.5, 0.6) is 11.5 Å². The normalized spacial score (nSPS) is 18.8. The number of nitrogens with two attached hydrogens (primary N) is 1. The molecule has 1 heterocycles. The highest BCUT2D eigenvalue weighted by atomic mass is 16.5. The first kappa shape index (κ1) is 16.8. The molecule has 0 spiro atoms. The van der Waals surface area contributed by atoms with Gasteiger partial charge < -0.3 is 20.1 Å². The van der Waals surface area contributed by atoms with Gasteiger partial charge in [0.25, 0.3) is 11.8 Å². The van der Waals surface area contributed by atoms with E-state index in [1.165, 1.54) is 19.1 Å². The summed E-state index contributed by atoms with van der Waals surface area (Å²) in [6.45, 7) is 2.13. The van der Waals surface area contributed by atoms with Crippen LogP contribution in [0.25, 0.3) is 0 Å². The lowest BCUT2D eigenvalue weighted by atomic mass is 9.81. The Balaban J connectivity index is 2.44. The molecule has 0 fully saturated rings. The summed E-state index contributed by atoms with van der Waals surface area (Å²) in [5.41, 5.74) is 5.96.